The Kier molecular flexibility index (Phi) is 11.0. The van der Waals surface area contributed by atoms with E-state index in [9.17, 15) is 0 Å². The van der Waals surface area contributed by atoms with Gasteiger partial charge in [0.15, 0.2) is 0 Å². The van der Waals surface area contributed by atoms with Gasteiger partial charge in [0.2, 0.25) is 0 Å². The predicted molar refractivity (Wildman–Crippen MR) is 102 cm³/mol. The highest BCUT2D eigenvalue weighted by Crippen LogP contribution is 2.09. The molecule has 0 aromatic rings. The van der Waals surface area contributed by atoms with Crippen molar-refractivity contribution in [3.8, 4) is 0 Å². The number of allylic oxidation sites excluding steroid dienone is 13. The lowest BCUT2D eigenvalue weighted by Gasteiger charge is -2.03. The molecule has 116 valence electrons. The minimum atomic E-state index is 0.717. The lowest BCUT2D eigenvalue weighted by Crippen LogP contribution is -1.98. The van der Waals surface area contributed by atoms with Gasteiger partial charge in [0.1, 0.15) is 0 Å². The molecule has 0 aliphatic heterocycles. The first-order valence-electron chi connectivity index (χ1n) is 7.45. The fourth-order valence-corrected chi connectivity index (χ4v) is 1.64. The van der Waals surface area contributed by atoms with Crippen molar-refractivity contribution in [2.75, 3.05) is 0 Å². The molecule has 0 aliphatic rings. The Labute approximate surface area is 135 Å². The lowest BCUT2D eigenvalue weighted by atomic mass is 10.1. The maximum Gasteiger partial charge on any atom is 0.0709 e. The molecule has 22 heavy (non-hydrogen) atoms. The van der Waals surface area contributed by atoms with E-state index < -0.39 is 0 Å². The molecule has 0 N–H and O–H groups in total. The number of hydrogen-bond acceptors (Lipinski definition) is 1. The molecule has 0 unspecified atom stereocenters. The highest BCUT2D eigenvalue weighted by Gasteiger charge is 2.00. The number of rotatable bonds is 8. The zero-order valence-electron chi connectivity index (χ0n) is 14.2. The van der Waals surface area contributed by atoms with Crippen LogP contribution in [-0.4, -0.2) is 5.71 Å². The third-order valence-electron chi connectivity index (χ3n) is 2.57. The van der Waals surface area contributed by atoms with E-state index in [1.807, 2.05) is 94.5 Å². The standard InChI is InChI=1S/C21H27N/c1-7-11-15-20(14-10-4)21(22-19(6)13-9-3)17-16-18(5)12-8-2/h7-17H,5-6H2,1-4H3/b11-7-,12-8-,13-9-,14-10-,17-16-,20-15-,22-21+. The van der Waals surface area contributed by atoms with Crippen molar-refractivity contribution < 1.29 is 0 Å². The summed E-state index contributed by atoms with van der Waals surface area (Å²) >= 11 is 0. The smallest absolute Gasteiger partial charge is 0.0709 e. The van der Waals surface area contributed by atoms with Crippen molar-refractivity contribution in [1.82, 2.24) is 0 Å². The van der Waals surface area contributed by atoms with E-state index in [0.29, 0.717) is 0 Å². The van der Waals surface area contributed by atoms with Gasteiger partial charge in [0.25, 0.3) is 0 Å². The summed E-state index contributed by atoms with van der Waals surface area (Å²) in [5, 5.41) is 0. The summed E-state index contributed by atoms with van der Waals surface area (Å²) in [7, 11) is 0. The molecule has 0 aliphatic carbocycles. The van der Waals surface area contributed by atoms with E-state index in [2.05, 4.69) is 18.2 Å². The van der Waals surface area contributed by atoms with Crippen LogP contribution in [0.5, 0.6) is 0 Å². The van der Waals surface area contributed by atoms with Gasteiger partial charge in [0, 0.05) is 0 Å². The first kappa shape index (κ1) is 19.6. The molecule has 0 atom stereocenters. The minimum absolute atomic E-state index is 0.717. The van der Waals surface area contributed by atoms with E-state index in [1.165, 1.54) is 0 Å². The van der Waals surface area contributed by atoms with Gasteiger partial charge in [-0.05, 0) is 51.0 Å². The molecule has 0 heterocycles. The number of nitrogens with zero attached hydrogens (tertiary/aromatic N) is 1. The first-order valence-corrected chi connectivity index (χ1v) is 7.45. The molecule has 0 radical (unpaired) electrons. The Hall–Kier alpha value is -2.41. The normalized spacial score (nSPS) is 14.4. The van der Waals surface area contributed by atoms with Crippen LogP contribution in [0.25, 0.3) is 0 Å². The molecule has 0 saturated heterocycles. The Bertz CT molecular complexity index is 573. The van der Waals surface area contributed by atoms with Crippen LogP contribution < -0.4 is 0 Å². The van der Waals surface area contributed by atoms with E-state index in [4.69, 9.17) is 0 Å². The first-order chi connectivity index (χ1) is 10.6. The third-order valence-corrected chi connectivity index (χ3v) is 2.57. The van der Waals surface area contributed by atoms with Gasteiger partial charge in [0.05, 0.1) is 11.4 Å². The second-order valence-electron chi connectivity index (χ2n) is 4.54. The van der Waals surface area contributed by atoms with Crippen molar-refractivity contribution in [1.29, 1.82) is 0 Å². The quantitative estimate of drug-likeness (QED) is 0.368. The SMILES string of the molecule is C=C(/C=C\C)\C=C/C(=N\C(=C)/C=C\C)C(/C=C\C)=C\C=C/C. The van der Waals surface area contributed by atoms with Crippen LogP contribution in [0.2, 0.25) is 0 Å². The molecule has 0 aromatic heterocycles. The Morgan fingerprint density at radius 1 is 0.727 bits per heavy atom. The Morgan fingerprint density at radius 2 is 1.36 bits per heavy atom. The maximum absolute atomic E-state index is 4.60. The summed E-state index contributed by atoms with van der Waals surface area (Å²) in [5.41, 5.74) is 3.52. The van der Waals surface area contributed by atoms with Crippen LogP contribution in [0, 0.1) is 0 Å². The monoisotopic (exact) mass is 293 g/mol. The molecular formula is C21H27N. The Balaban J connectivity index is 5.76. The van der Waals surface area contributed by atoms with Crippen molar-refractivity contribution in [2.24, 2.45) is 4.99 Å². The number of hydrogen-bond donors (Lipinski definition) is 0. The van der Waals surface area contributed by atoms with Gasteiger partial charge in [-0.25, -0.2) is 4.99 Å². The van der Waals surface area contributed by atoms with Gasteiger partial charge in [-0.2, -0.15) is 0 Å². The summed E-state index contributed by atoms with van der Waals surface area (Å²) in [6.07, 6.45) is 21.7. The molecule has 0 amide bonds. The summed E-state index contributed by atoms with van der Waals surface area (Å²) in [4.78, 5) is 4.60. The maximum atomic E-state index is 4.60. The zero-order chi connectivity index (χ0) is 16.8. The minimum Gasteiger partial charge on any atom is -0.249 e. The van der Waals surface area contributed by atoms with E-state index in [1.54, 1.807) is 0 Å². The van der Waals surface area contributed by atoms with Crippen molar-refractivity contribution in [2.45, 2.75) is 27.7 Å². The largest absolute Gasteiger partial charge is 0.249 e. The second-order valence-corrected chi connectivity index (χ2v) is 4.54. The fraction of sp³-hybridized carbons (Fsp3) is 0.190. The van der Waals surface area contributed by atoms with Crippen LogP contribution in [0.3, 0.4) is 0 Å². The van der Waals surface area contributed by atoms with Gasteiger partial charge in [-0.1, -0.05) is 67.8 Å². The van der Waals surface area contributed by atoms with E-state index >= 15 is 0 Å². The summed E-state index contributed by atoms with van der Waals surface area (Å²) in [6, 6.07) is 0. The van der Waals surface area contributed by atoms with Crippen LogP contribution in [0.15, 0.2) is 102 Å². The average Bonchev–Trinajstić information content (AvgIpc) is 2.48. The van der Waals surface area contributed by atoms with Crippen molar-refractivity contribution in [3.05, 3.63) is 96.8 Å². The van der Waals surface area contributed by atoms with Crippen LogP contribution >= 0.6 is 0 Å². The molecular weight excluding hydrogens is 266 g/mol. The highest BCUT2D eigenvalue weighted by atomic mass is 14.7. The lowest BCUT2D eigenvalue weighted by molar-refractivity contribution is 1.41. The van der Waals surface area contributed by atoms with Gasteiger partial charge in [-0.15, -0.1) is 0 Å². The average molecular weight is 293 g/mol. The molecule has 0 saturated carbocycles. The molecule has 1 heteroatoms. The van der Waals surface area contributed by atoms with E-state index in [0.717, 1.165) is 22.6 Å². The van der Waals surface area contributed by atoms with Crippen molar-refractivity contribution in [3.63, 3.8) is 0 Å². The molecule has 0 aromatic carbocycles. The predicted octanol–water partition coefficient (Wildman–Crippen LogP) is 6.28. The number of aliphatic imine (C=N–C) groups is 1. The van der Waals surface area contributed by atoms with Crippen molar-refractivity contribution >= 4 is 5.71 Å². The van der Waals surface area contributed by atoms with Crippen LogP contribution in [0.4, 0.5) is 0 Å². The van der Waals surface area contributed by atoms with Gasteiger partial charge >= 0.3 is 0 Å². The second kappa shape index (κ2) is 12.3. The molecule has 0 spiro atoms. The van der Waals surface area contributed by atoms with Crippen LogP contribution in [-0.2, 0) is 0 Å². The zero-order valence-corrected chi connectivity index (χ0v) is 14.2. The van der Waals surface area contributed by atoms with E-state index in [-0.39, 0.29) is 0 Å². The summed E-state index contributed by atoms with van der Waals surface area (Å²) in [6.45, 7) is 15.8. The topological polar surface area (TPSA) is 12.4 Å². The highest BCUT2D eigenvalue weighted by molar-refractivity contribution is 6.11. The van der Waals surface area contributed by atoms with Gasteiger partial charge in [-0.3, -0.25) is 0 Å². The molecule has 0 rings (SSSR count). The summed E-state index contributed by atoms with van der Waals surface area (Å²) in [5.74, 6) is 0. The Morgan fingerprint density at radius 3 is 1.91 bits per heavy atom. The molecule has 1 nitrogen and oxygen atoms in total. The fourth-order valence-electron chi connectivity index (χ4n) is 1.64. The molecule has 0 bridgehead atoms. The third kappa shape index (κ3) is 8.70. The van der Waals surface area contributed by atoms with Crippen LogP contribution in [0.1, 0.15) is 27.7 Å². The van der Waals surface area contributed by atoms with Gasteiger partial charge < -0.3 is 0 Å². The molecule has 0 fully saturated rings. The summed E-state index contributed by atoms with van der Waals surface area (Å²) < 4.78 is 0.